The van der Waals surface area contributed by atoms with Crippen molar-refractivity contribution in [2.75, 3.05) is 13.1 Å². The second kappa shape index (κ2) is 5.93. The number of piperidine rings is 1. The number of nitrogens with zero attached hydrogens (tertiary/aromatic N) is 1. The van der Waals surface area contributed by atoms with Crippen molar-refractivity contribution in [3.05, 3.63) is 0 Å². The average molecular weight is 267 g/mol. The van der Waals surface area contributed by atoms with Gasteiger partial charge in [-0.2, -0.15) is 0 Å². The molecule has 108 valence electrons. The molecule has 0 aromatic heterocycles. The van der Waals surface area contributed by atoms with Crippen molar-refractivity contribution in [1.29, 1.82) is 0 Å². The summed E-state index contributed by atoms with van der Waals surface area (Å²) in [6, 6.07) is 0. The highest BCUT2D eigenvalue weighted by atomic mass is 16.4. The number of aliphatic carboxylic acids is 1. The zero-order valence-electron chi connectivity index (χ0n) is 11.9. The number of carbonyl (C=O) groups is 2. The smallest absolute Gasteiger partial charge is 0.309 e. The molecule has 1 N–H and O–H groups in total. The summed E-state index contributed by atoms with van der Waals surface area (Å²) < 4.78 is 0. The van der Waals surface area contributed by atoms with E-state index in [2.05, 4.69) is 6.92 Å². The molecular weight excluding hydrogens is 242 g/mol. The number of hydrogen-bond acceptors (Lipinski definition) is 2. The van der Waals surface area contributed by atoms with Crippen molar-refractivity contribution in [3.63, 3.8) is 0 Å². The van der Waals surface area contributed by atoms with Crippen LogP contribution in [0.1, 0.15) is 58.3 Å². The summed E-state index contributed by atoms with van der Waals surface area (Å²) in [6.07, 6.45) is 7.28. The molecule has 1 saturated carbocycles. The van der Waals surface area contributed by atoms with Gasteiger partial charge in [-0.05, 0) is 38.0 Å². The quantitative estimate of drug-likeness (QED) is 0.753. The van der Waals surface area contributed by atoms with E-state index in [1.807, 2.05) is 4.90 Å². The normalized spacial score (nSPS) is 22.3. The first-order valence-corrected chi connectivity index (χ1v) is 7.61. The predicted octanol–water partition coefficient (Wildman–Crippen LogP) is 2.67. The molecule has 1 amide bonds. The SMILES string of the molecule is CCCCCC(=O)N1CCC(C2(C(=O)O)CC2)CC1. The van der Waals surface area contributed by atoms with Gasteiger partial charge in [-0.25, -0.2) is 0 Å². The van der Waals surface area contributed by atoms with Crippen molar-refractivity contribution in [1.82, 2.24) is 4.90 Å². The molecule has 19 heavy (non-hydrogen) atoms. The lowest BCUT2D eigenvalue weighted by atomic mass is 9.81. The Kier molecular flexibility index (Phi) is 4.48. The highest BCUT2D eigenvalue weighted by Crippen LogP contribution is 2.55. The van der Waals surface area contributed by atoms with E-state index in [4.69, 9.17) is 0 Å². The van der Waals surface area contributed by atoms with Crippen molar-refractivity contribution >= 4 is 11.9 Å². The van der Waals surface area contributed by atoms with Crippen LogP contribution in [0.3, 0.4) is 0 Å². The van der Waals surface area contributed by atoms with Gasteiger partial charge in [-0.1, -0.05) is 19.8 Å². The Morgan fingerprint density at radius 1 is 1.21 bits per heavy atom. The first-order chi connectivity index (χ1) is 9.10. The summed E-state index contributed by atoms with van der Waals surface area (Å²) in [5, 5.41) is 9.29. The number of unbranched alkanes of at least 4 members (excludes halogenated alkanes) is 2. The van der Waals surface area contributed by atoms with E-state index in [1.165, 1.54) is 0 Å². The minimum absolute atomic E-state index is 0.257. The second-order valence-corrected chi connectivity index (χ2v) is 6.07. The van der Waals surface area contributed by atoms with Crippen LogP contribution >= 0.6 is 0 Å². The van der Waals surface area contributed by atoms with Crippen LogP contribution in [0.15, 0.2) is 0 Å². The van der Waals surface area contributed by atoms with Crippen LogP contribution in [-0.2, 0) is 9.59 Å². The number of rotatable bonds is 6. The third-order valence-corrected chi connectivity index (χ3v) is 4.84. The van der Waals surface area contributed by atoms with Gasteiger partial charge in [0.1, 0.15) is 0 Å². The minimum atomic E-state index is -0.625. The van der Waals surface area contributed by atoms with E-state index in [1.54, 1.807) is 0 Å². The van der Waals surface area contributed by atoms with E-state index < -0.39 is 11.4 Å². The molecule has 0 atom stereocenters. The molecule has 2 fully saturated rings. The van der Waals surface area contributed by atoms with Gasteiger partial charge in [0.15, 0.2) is 0 Å². The molecule has 0 aromatic rings. The lowest BCUT2D eigenvalue weighted by Crippen LogP contribution is -2.41. The fourth-order valence-corrected chi connectivity index (χ4v) is 3.30. The Morgan fingerprint density at radius 2 is 1.84 bits per heavy atom. The molecule has 0 aromatic carbocycles. The highest BCUT2D eigenvalue weighted by molar-refractivity contribution is 5.78. The highest BCUT2D eigenvalue weighted by Gasteiger charge is 2.56. The molecule has 2 aliphatic rings. The lowest BCUT2D eigenvalue weighted by Gasteiger charge is -2.35. The molecular formula is C15H25NO3. The van der Waals surface area contributed by atoms with Gasteiger partial charge in [0.25, 0.3) is 0 Å². The molecule has 1 saturated heterocycles. The maximum absolute atomic E-state index is 12.0. The number of carboxylic acids is 1. The Bertz CT molecular complexity index is 341. The Hall–Kier alpha value is -1.06. The summed E-state index contributed by atoms with van der Waals surface area (Å²) in [5.41, 5.74) is -0.433. The first-order valence-electron chi connectivity index (χ1n) is 7.61. The molecule has 0 radical (unpaired) electrons. The zero-order chi connectivity index (χ0) is 13.9. The van der Waals surface area contributed by atoms with Crippen molar-refractivity contribution < 1.29 is 14.7 Å². The topological polar surface area (TPSA) is 57.6 Å². The number of carboxylic acid groups (broad SMARTS) is 1. The van der Waals surface area contributed by atoms with Crippen LogP contribution in [0.4, 0.5) is 0 Å². The largest absolute Gasteiger partial charge is 0.481 e. The van der Waals surface area contributed by atoms with Gasteiger partial charge in [-0.15, -0.1) is 0 Å². The fraction of sp³-hybridized carbons (Fsp3) is 0.867. The van der Waals surface area contributed by atoms with Crippen LogP contribution in [0, 0.1) is 11.3 Å². The van der Waals surface area contributed by atoms with Crippen LogP contribution in [0.5, 0.6) is 0 Å². The van der Waals surface area contributed by atoms with Gasteiger partial charge in [-0.3, -0.25) is 9.59 Å². The van der Waals surface area contributed by atoms with Crippen molar-refractivity contribution in [3.8, 4) is 0 Å². The average Bonchev–Trinajstić information content (AvgIpc) is 3.20. The first kappa shape index (κ1) is 14.4. The van der Waals surface area contributed by atoms with E-state index in [0.717, 1.165) is 58.0 Å². The predicted molar refractivity (Wildman–Crippen MR) is 72.7 cm³/mol. The van der Waals surface area contributed by atoms with E-state index >= 15 is 0 Å². The summed E-state index contributed by atoms with van der Waals surface area (Å²) in [5.74, 6) is -0.0861. The summed E-state index contributed by atoms with van der Waals surface area (Å²) >= 11 is 0. The summed E-state index contributed by atoms with van der Waals surface area (Å²) in [7, 11) is 0. The van der Waals surface area contributed by atoms with E-state index in [9.17, 15) is 14.7 Å². The molecule has 4 nitrogen and oxygen atoms in total. The van der Waals surface area contributed by atoms with Crippen LogP contribution in [0.25, 0.3) is 0 Å². The van der Waals surface area contributed by atoms with Crippen LogP contribution in [-0.4, -0.2) is 35.0 Å². The fourth-order valence-electron chi connectivity index (χ4n) is 3.30. The number of likely N-dealkylation sites (tertiary alicyclic amines) is 1. The maximum atomic E-state index is 12.0. The Balaban J connectivity index is 1.76. The summed E-state index contributed by atoms with van der Waals surface area (Å²) in [6.45, 7) is 3.65. The second-order valence-electron chi connectivity index (χ2n) is 6.07. The zero-order valence-corrected chi connectivity index (χ0v) is 11.9. The van der Waals surface area contributed by atoms with Gasteiger partial charge < -0.3 is 10.0 Å². The molecule has 4 heteroatoms. The molecule has 1 aliphatic heterocycles. The monoisotopic (exact) mass is 267 g/mol. The number of hydrogen-bond donors (Lipinski definition) is 1. The third-order valence-electron chi connectivity index (χ3n) is 4.84. The van der Waals surface area contributed by atoms with Crippen LogP contribution in [0.2, 0.25) is 0 Å². The molecule has 0 bridgehead atoms. The molecule has 0 unspecified atom stereocenters. The third kappa shape index (κ3) is 3.10. The van der Waals surface area contributed by atoms with Gasteiger partial charge in [0, 0.05) is 19.5 Å². The lowest BCUT2D eigenvalue weighted by molar-refractivity contribution is -0.146. The minimum Gasteiger partial charge on any atom is -0.481 e. The molecule has 0 spiro atoms. The number of amides is 1. The van der Waals surface area contributed by atoms with Gasteiger partial charge in [0.05, 0.1) is 5.41 Å². The summed E-state index contributed by atoms with van der Waals surface area (Å²) in [4.78, 5) is 25.2. The Labute approximate surface area is 115 Å². The van der Waals surface area contributed by atoms with Crippen molar-refractivity contribution in [2.45, 2.75) is 58.3 Å². The standard InChI is InChI=1S/C15H25NO3/c1-2-3-4-5-13(17)16-10-6-12(7-11-16)15(8-9-15)14(18)19/h12H,2-11H2,1H3,(H,18,19). The van der Waals surface area contributed by atoms with Crippen LogP contribution < -0.4 is 0 Å². The van der Waals surface area contributed by atoms with Gasteiger partial charge in [0.2, 0.25) is 5.91 Å². The van der Waals surface area contributed by atoms with E-state index in [-0.39, 0.29) is 11.8 Å². The van der Waals surface area contributed by atoms with E-state index in [0.29, 0.717) is 6.42 Å². The maximum Gasteiger partial charge on any atom is 0.309 e. The Morgan fingerprint density at radius 3 is 2.32 bits per heavy atom. The number of carbonyl (C=O) groups excluding carboxylic acids is 1. The molecule has 1 aliphatic carbocycles. The van der Waals surface area contributed by atoms with Gasteiger partial charge >= 0.3 is 5.97 Å². The molecule has 1 heterocycles. The molecule has 2 rings (SSSR count). The van der Waals surface area contributed by atoms with Crippen molar-refractivity contribution in [2.24, 2.45) is 11.3 Å².